The van der Waals surface area contributed by atoms with Gasteiger partial charge >= 0.3 is 0 Å². The van der Waals surface area contributed by atoms with Crippen LogP contribution < -0.4 is 10.1 Å². The molecule has 4 rings (SSSR count). The van der Waals surface area contributed by atoms with Crippen LogP contribution in [0.25, 0.3) is 11.2 Å². The summed E-state index contributed by atoms with van der Waals surface area (Å²) in [5.74, 6) is 1.31. The van der Waals surface area contributed by atoms with Gasteiger partial charge in [-0.2, -0.15) is 0 Å². The average Bonchev–Trinajstić information content (AvgIpc) is 3.26. The molecule has 0 aliphatic carbocycles. The van der Waals surface area contributed by atoms with Gasteiger partial charge in [0.05, 0.1) is 19.5 Å². The minimum Gasteiger partial charge on any atom is -0.494 e. The van der Waals surface area contributed by atoms with Gasteiger partial charge in [-0.15, -0.1) is 0 Å². The Hall–Kier alpha value is -2.79. The van der Waals surface area contributed by atoms with Crippen LogP contribution in [0.5, 0.6) is 5.75 Å². The van der Waals surface area contributed by atoms with E-state index in [2.05, 4.69) is 20.3 Å². The lowest BCUT2D eigenvalue weighted by Gasteiger charge is -2.27. The topological polar surface area (TPSA) is 135 Å². The fourth-order valence-corrected chi connectivity index (χ4v) is 3.67. The van der Waals surface area contributed by atoms with E-state index >= 15 is 0 Å². The third-order valence-electron chi connectivity index (χ3n) is 5.26. The first-order chi connectivity index (χ1) is 14.5. The van der Waals surface area contributed by atoms with Crippen LogP contribution in [0.2, 0.25) is 0 Å². The molecule has 0 radical (unpaired) electrons. The molecule has 1 aliphatic rings. The number of aliphatic hydroxyl groups excluding tert-OH is 2. The number of rotatable bonds is 7. The van der Waals surface area contributed by atoms with Crippen molar-refractivity contribution in [1.82, 2.24) is 19.5 Å². The zero-order chi connectivity index (χ0) is 21.3. The van der Waals surface area contributed by atoms with Gasteiger partial charge < -0.3 is 30.1 Å². The molecule has 1 fully saturated rings. The Kier molecular flexibility index (Phi) is 5.56. The van der Waals surface area contributed by atoms with Crippen molar-refractivity contribution < 1.29 is 24.8 Å². The zero-order valence-electron chi connectivity index (χ0n) is 16.8. The van der Waals surface area contributed by atoms with E-state index in [0.717, 1.165) is 11.3 Å². The first-order valence-electron chi connectivity index (χ1n) is 9.76. The molecule has 3 aromatic rings. The first kappa shape index (κ1) is 20.5. The summed E-state index contributed by atoms with van der Waals surface area (Å²) in [6, 6.07) is 7.73. The van der Waals surface area contributed by atoms with Gasteiger partial charge in [0.1, 0.15) is 29.9 Å². The first-order valence-corrected chi connectivity index (χ1v) is 9.76. The zero-order valence-corrected chi connectivity index (χ0v) is 16.8. The smallest absolute Gasteiger partial charge is 0.168 e. The third-order valence-corrected chi connectivity index (χ3v) is 5.26. The Bertz CT molecular complexity index is 1020. The molecule has 3 heterocycles. The van der Waals surface area contributed by atoms with E-state index < -0.39 is 30.6 Å². The van der Waals surface area contributed by atoms with E-state index in [9.17, 15) is 15.3 Å². The number of hydrogen-bond donors (Lipinski definition) is 4. The molecule has 2 aromatic heterocycles. The summed E-state index contributed by atoms with van der Waals surface area (Å²) >= 11 is 0. The van der Waals surface area contributed by atoms with E-state index in [1.807, 2.05) is 31.2 Å². The van der Waals surface area contributed by atoms with Gasteiger partial charge in [-0.3, -0.25) is 4.57 Å². The fraction of sp³-hybridized carbons (Fsp3) is 0.450. The fourth-order valence-electron chi connectivity index (χ4n) is 3.67. The second kappa shape index (κ2) is 8.15. The molecular weight excluding hydrogens is 390 g/mol. The lowest BCUT2D eigenvalue weighted by molar-refractivity contribution is -0.0950. The molecule has 1 aromatic carbocycles. The molecule has 0 spiro atoms. The van der Waals surface area contributed by atoms with Crippen molar-refractivity contribution in [2.24, 2.45) is 0 Å². The number of para-hydroxylation sites is 1. The maximum Gasteiger partial charge on any atom is 0.168 e. The van der Waals surface area contributed by atoms with E-state index in [0.29, 0.717) is 30.1 Å². The SMILES string of the molecule is CCOc1ccccc1CNc1ncnc2c1ncn2[C@@H]1O[C@H](CO)[C@@H](O)[C@@]1(C)O. The number of fused-ring (bicyclic) bond motifs is 1. The van der Waals surface area contributed by atoms with Crippen LogP contribution >= 0.6 is 0 Å². The second-order valence-corrected chi connectivity index (χ2v) is 7.32. The highest BCUT2D eigenvalue weighted by atomic mass is 16.6. The van der Waals surface area contributed by atoms with Crippen molar-refractivity contribution in [3.8, 4) is 5.75 Å². The van der Waals surface area contributed by atoms with Crippen molar-refractivity contribution in [3.63, 3.8) is 0 Å². The third kappa shape index (κ3) is 3.47. The molecule has 160 valence electrons. The summed E-state index contributed by atoms with van der Waals surface area (Å²) in [6.07, 6.45) is -0.252. The number of aliphatic hydroxyl groups is 3. The molecule has 1 saturated heterocycles. The minimum atomic E-state index is -1.63. The number of ether oxygens (including phenoxy) is 2. The maximum absolute atomic E-state index is 10.8. The van der Waals surface area contributed by atoms with Crippen LogP contribution in [0, 0.1) is 0 Å². The van der Waals surface area contributed by atoms with E-state index in [1.165, 1.54) is 24.1 Å². The maximum atomic E-state index is 10.8. The van der Waals surface area contributed by atoms with Crippen molar-refractivity contribution in [3.05, 3.63) is 42.5 Å². The highest BCUT2D eigenvalue weighted by molar-refractivity contribution is 5.82. The molecule has 0 amide bonds. The Morgan fingerprint density at radius 2 is 2.07 bits per heavy atom. The Morgan fingerprint density at radius 3 is 2.80 bits per heavy atom. The monoisotopic (exact) mass is 415 g/mol. The molecule has 4 atom stereocenters. The van der Waals surface area contributed by atoms with Crippen molar-refractivity contribution in [1.29, 1.82) is 0 Å². The normalized spacial score (nSPS) is 26.2. The van der Waals surface area contributed by atoms with Gasteiger partial charge in [0.15, 0.2) is 23.2 Å². The molecule has 0 bridgehead atoms. The second-order valence-electron chi connectivity index (χ2n) is 7.32. The van der Waals surface area contributed by atoms with Gasteiger partial charge in [-0.05, 0) is 19.9 Å². The van der Waals surface area contributed by atoms with Gasteiger partial charge in [0, 0.05) is 12.1 Å². The number of anilines is 1. The summed E-state index contributed by atoms with van der Waals surface area (Å²) < 4.78 is 12.9. The summed E-state index contributed by atoms with van der Waals surface area (Å²) in [6.45, 7) is 4.01. The molecule has 10 nitrogen and oxygen atoms in total. The molecule has 0 saturated carbocycles. The Balaban J connectivity index is 1.62. The van der Waals surface area contributed by atoms with Gasteiger partial charge in [0.2, 0.25) is 0 Å². The van der Waals surface area contributed by atoms with Crippen molar-refractivity contribution >= 4 is 17.0 Å². The van der Waals surface area contributed by atoms with Crippen LogP contribution in [0.4, 0.5) is 5.82 Å². The molecular formula is C20H25N5O5. The minimum absolute atomic E-state index is 0.415. The van der Waals surface area contributed by atoms with Gasteiger partial charge in [-0.25, -0.2) is 15.0 Å². The summed E-state index contributed by atoms with van der Waals surface area (Å²) in [7, 11) is 0. The summed E-state index contributed by atoms with van der Waals surface area (Å²) in [5.41, 5.74) is 0.270. The summed E-state index contributed by atoms with van der Waals surface area (Å²) in [5, 5.41) is 33.7. The molecule has 30 heavy (non-hydrogen) atoms. The lowest BCUT2D eigenvalue weighted by Crippen LogP contribution is -2.44. The number of imidazole rings is 1. The standard InChI is InChI=1S/C20H25N5O5/c1-3-29-13-7-5-4-6-12(13)8-21-17-15-18(23-10-22-17)25(11-24-15)19-20(2,28)16(27)14(9-26)30-19/h4-7,10-11,14,16,19,26-28H,3,8-9H2,1-2H3,(H,21,22,23)/t14-,16-,19-,20-/m1/s1. The predicted molar refractivity (Wildman–Crippen MR) is 108 cm³/mol. The molecule has 1 aliphatic heterocycles. The predicted octanol–water partition coefficient (Wildman–Crippen LogP) is 0.839. The van der Waals surface area contributed by atoms with Crippen LogP contribution in [0.3, 0.4) is 0 Å². The van der Waals surface area contributed by atoms with Crippen molar-refractivity contribution in [2.75, 3.05) is 18.5 Å². The van der Waals surface area contributed by atoms with Crippen LogP contribution in [0.1, 0.15) is 25.6 Å². The molecule has 4 N–H and O–H groups in total. The average molecular weight is 415 g/mol. The van der Waals surface area contributed by atoms with Crippen molar-refractivity contribution in [2.45, 2.75) is 44.4 Å². The quantitative estimate of drug-likeness (QED) is 0.443. The van der Waals surface area contributed by atoms with Gasteiger partial charge in [0.25, 0.3) is 0 Å². The van der Waals surface area contributed by atoms with Crippen LogP contribution in [-0.4, -0.2) is 65.9 Å². The van der Waals surface area contributed by atoms with E-state index in [-0.39, 0.29) is 0 Å². The summed E-state index contributed by atoms with van der Waals surface area (Å²) in [4.78, 5) is 13.0. The lowest BCUT2D eigenvalue weighted by atomic mass is 9.96. The highest BCUT2D eigenvalue weighted by Gasteiger charge is 2.53. The molecule has 10 heteroatoms. The van der Waals surface area contributed by atoms with Crippen LogP contribution in [0.15, 0.2) is 36.9 Å². The number of hydrogen-bond acceptors (Lipinski definition) is 9. The number of nitrogens with zero attached hydrogens (tertiary/aromatic N) is 4. The van der Waals surface area contributed by atoms with E-state index in [1.54, 1.807) is 0 Å². The number of nitrogens with one attached hydrogen (secondary N) is 1. The van der Waals surface area contributed by atoms with E-state index in [4.69, 9.17) is 9.47 Å². The number of benzene rings is 1. The Labute approximate surface area is 173 Å². The highest BCUT2D eigenvalue weighted by Crippen LogP contribution is 2.39. The molecule has 0 unspecified atom stereocenters. The van der Waals surface area contributed by atoms with Crippen LogP contribution in [-0.2, 0) is 11.3 Å². The van der Waals surface area contributed by atoms with Gasteiger partial charge in [-0.1, -0.05) is 18.2 Å². The largest absolute Gasteiger partial charge is 0.494 e. The number of aromatic nitrogens is 4. The Morgan fingerprint density at radius 1 is 1.27 bits per heavy atom.